The van der Waals surface area contributed by atoms with Gasteiger partial charge < -0.3 is 0 Å². The fourth-order valence-corrected chi connectivity index (χ4v) is 4.04. The number of hydrogen-bond donors (Lipinski definition) is 0. The Morgan fingerprint density at radius 2 is 1.71 bits per heavy atom. The van der Waals surface area contributed by atoms with Gasteiger partial charge in [0.25, 0.3) is 11.8 Å². The van der Waals surface area contributed by atoms with E-state index in [1.54, 1.807) is 19.1 Å². The lowest BCUT2D eigenvalue weighted by Gasteiger charge is -2.52. The molecule has 0 bridgehead atoms. The lowest BCUT2D eigenvalue weighted by molar-refractivity contribution is -0.304. The highest BCUT2D eigenvalue weighted by atomic mass is 16.7. The van der Waals surface area contributed by atoms with Gasteiger partial charge in [0.15, 0.2) is 0 Å². The number of imide groups is 1. The molecule has 0 aromatic heterocycles. The number of benzene rings is 1. The fourth-order valence-electron chi connectivity index (χ4n) is 4.04. The van der Waals surface area contributed by atoms with E-state index in [1.165, 1.54) is 11.3 Å². The van der Waals surface area contributed by atoms with E-state index in [-0.39, 0.29) is 29.0 Å². The largest absolute Gasteiger partial charge is 0.290 e. The van der Waals surface area contributed by atoms with E-state index in [1.807, 2.05) is 19.1 Å². The van der Waals surface area contributed by atoms with Gasteiger partial charge in [0, 0.05) is 23.2 Å². The summed E-state index contributed by atoms with van der Waals surface area (Å²) < 4.78 is 0. The molecule has 1 unspecified atom stereocenters. The summed E-state index contributed by atoms with van der Waals surface area (Å²) in [6, 6.07) is 7.30. The Kier molecular flexibility index (Phi) is 6.84. The quantitative estimate of drug-likeness (QED) is 0.653. The topological polar surface area (TPSA) is 49.9 Å². The van der Waals surface area contributed by atoms with Crippen LogP contribution in [0.2, 0.25) is 0 Å². The van der Waals surface area contributed by atoms with E-state index in [0.29, 0.717) is 12.1 Å². The molecule has 1 aromatic rings. The molecule has 1 saturated heterocycles. The van der Waals surface area contributed by atoms with Gasteiger partial charge in [-0.25, -0.2) is 0 Å². The summed E-state index contributed by atoms with van der Waals surface area (Å²) >= 11 is 0. The molecule has 28 heavy (non-hydrogen) atoms. The number of rotatable bonds is 6. The van der Waals surface area contributed by atoms with Crippen molar-refractivity contribution in [3.05, 3.63) is 48.0 Å². The number of likely N-dealkylation sites (N-methyl/N-ethyl adjacent to an activating group) is 1. The number of amides is 2. The van der Waals surface area contributed by atoms with Crippen molar-refractivity contribution < 1.29 is 14.4 Å². The molecule has 5 nitrogen and oxygen atoms in total. The molecule has 1 aliphatic rings. The average molecular weight is 387 g/mol. The SMILES string of the molecule is C=CC(=O)N(CC)C(=O)c1ccc(C(C)ON2C(C)(C)CCCC2(C)C)cc1. The first-order valence-corrected chi connectivity index (χ1v) is 10.1. The summed E-state index contributed by atoms with van der Waals surface area (Å²) in [7, 11) is 0. The molecule has 1 aromatic carbocycles. The van der Waals surface area contributed by atoms with Crippen LogP contribution in [-0.2, 0) is 9.63 Å². The first kappa shape index (κ1) is 22.3. The van der Waals surface area contributed by atoms with Gasteiger partial charge in [-0.2, -0.15) is 5.06 Å². The summed E-state index contributed by atoms with van der Waals surface area (Å²) in [6.45, 7) is 16.4. The number of carbonyl (C=O) groups is 2. The molecule has 154 valence electrons. The molecule has 0 saturated carbocycles. The third kappa shape index (κ3) is 4.70. The van der Waals surface area contributed by atoms with E-state index < -0.39 is 0 Å². The Morgan fingerprint density at radius 3 is 2.18 bits per heavy atom. The van der Waals surface area contributed by atoms with Crippen LogP contribution >= 0.6 is 0 Å². The maximum Gasteiger partial charge on any atom is 0.260 e. The molecule has 0 spiro atoms. The van der Waals surface area contributed by atoms with Gasteiger partial charge in [-0.05, 0) is 84.6 Å². The zero-order chi connectivity index (χ0) is 21.1. The molecule has 2 amide bonds. The van der Waals surface area contributed by atoms with E-state index >= 15 is 0 Å². The molecule has 0 N–H and O–H groups in total. The summed E-state index contributed by atoms with van der Waals surface area (Å²) in [6.07, 6.45) is 4.41. The van der Waals surface area contributed by atoms with Crippen molar-refractivity contribution in [2.24, 2.45) is 0 Å². The molecule has 0 radical (unpaired) electrons. The Hall–Kier alpha value is -1.98. The van der Waals surface area contributed by atoms with Crippen LogP contribution in [0.15, 0.2) is 36.9 Å². The van der Waals surface area contributed by atoms with Crippen molar-refractivity contribution in [1.29, 1.82) is 0 Å². The van der Waals surface area contributed by atoms with Crippen LogP contribution < -0.4 is 0 Å². The van der Waals surface area contributed by atoms with Crippen LogP contribution in [0.1, 0.15) is 82.8 Å². The minimum Gasteiger partial charge on any atom is -0.290 e. The third-order valence-corrected chi connectivity index (χ3v) is 5.57. The van der Waals surface area contributed by atoms with Gasteiger partial charge in [0.2, 0.25) is 0 Å². The minimum absolute atomic E-state index is 0.0292. The maximum atomic E-state index is 12.6. The normalized spacial score (nSPS) is 19.6. The first-order valence-electron chi connectivity index (χ1n) is 10.1. The van der Waals surface area contributed by atoms with Gasteiger partial charge in [-0.1, -0.05) is 18.7 Å². The van der Waals surface area contributed by atoms with Crippen molar-refractivity contribution in [3.63, 3.8) is 0 Å². The van der Waals surface area contributed by atoms with Crippen LogP contribution in [0.3, 0.4) is 0 Å². The second-order valence-corrected chi connectivity index (χ2v) is 8.73. The van der Waals surface area contributed by atoms with E-state index in [2.05, 4.69) is 39.3 Å². The lowest BCUT2D eigenvalue weighted by Crippen LogP contribution is -2.58. The van der Waals surface area contributed by atoms with Crippen molar-refractivity contribution >= 4 is 11.8 Å². The Labute approximate surface area is 169 Å². The number of hydrogen-bond acceptors (Lipinski definition) is 4. The Morgan fingerprint density at radius 1 is 1.18 bits per heavy atom. The van der Waals surface area contributed by atoms with Crippen LogP contribution in [0, 0.1) is 0 Å². The van der Waals surface area contributed by atoms with E-state index in [4.69, 9.17) is 4.84 Å². The van der Waals surface area contributed by atoms with Gasteiger partial charge in [0.1, 0.15) is 6.10 Å². The number of hydroxylamine groups is 2. The summed E-state index contributed by atoms with van der Waals surface area (Å²) in [5, 5.41) is 2.15. The zero-order valence-electron chi connectivity index (χ0n) is 18.1. The van der Waals surface area contributed by atoms with Gasteiger partial charge in [-0.3, -0.25) is 19.3 Å². The molecule has 1 fully saturated rings. The smallest absolute Gasteiger partial charge is 0.260 e. The van der Waals surface area contributed by atoms with Crippen LogP contribution in [0.4, 0.5) is 0 Å². The van der Waals surface area contributed by atoms with Crippen molar-refractivity contribution in [1.82, 2.24) is 9.96 Å². The average Bonchev–Trinajstić information content (AvgIpc) is 2.64. The fraction of sp³-hybridized carbons (Fsp3) is 0.565. The van der Waals surface area contributed by atoms with Gasteiger partial charge in [-0.15, -0.1) is 0 Å². The standard InChI is InChI=1S/C23H34N2O3/c1-8-20(26)24(9-2)21(27)19-13-11-18(12-14-19)17(3)28-25-22(4,5)15-10-16-23(25,6)7/h8,11-14,17H,1,9-10,15-16H2,2-7H3. The first-order chi connectivity index (χ1) is 13.0. The van der Waals surface area contributed by atoms with E-state index in [9.17, 15) is 9.59 Å². The monoisotopic (exact) mass is 386 g/mol. The summed E-state index contributed by atoms with van der Waals surface area (Å²) in [4.78, 5) is 32.0. The second kappa shape index (κ2) is 8.58. The number of piperidine rings is 1. The number of nitrogens with zero attached hydrogens (tertiary/aromatic N) is 2. The zero-order valence-corrected chi connectivity index (χ0v) is 18.1. The van der Waals surface area contributed by atoms with Crippen LogP contribution in [0.25, 0.3) is 0 Å². The van der Waals surface area contributed by atoms with Crippen LogP contribution in [0.5, 0.6) is 0 Å². The number of carbonyl (C=O) groups excluding carboxylic acids is 2. The highest BCUT2D eigenvalue weighted by Gasteiger charge is 2.43. The van der Waals surface area contributed by atoms with Gasteiger partial charge >= 0.3 is 0 Å². The maximum absolute atomic E-state index is 12.6. The molecule has 0 aliphatic carbocycles. The molecule has 5 heteroatoms. The second-order valence-electron chi connectivity index (χ2n) is 8.73. The Bertz CT molecular complexity index is 706. The predicted molar refractivity (Wildman–Crippen MR) is 112 cm³/mol. The molecule has 2 rings (SSSR count). The molecule has 1 aliphatic heterocycles. The molecule has 1 atom stereocenters. The van der Waals surface area contributed by atoms with E-state index in [0.717, 1.165) is 24.5 Å². The summed E-state index contributed by atoms with van der Waals surface area (Å²) in [5.41, 5.74) is 1.41. The molecular formula is C23H34N2O3. The van der Waals surface area contributed by atoms with Crippen LogP contribution in [-0.4, -0.2) is 39.4 Å². The molecular weight excluding hydrogens is 352 g/mol. The summed E-state index contributed by atoms with van der Waals surface area (Å²) in [5.74, 6) is -0.700. The third-order valence-electron chi connectivity index (χ3n) is 5.57. The van der Waals surface area contributed by atoms with Crippen molar-refractivity contribution in [2.45, 2.75) is 78.0 Å². The minimum atomic E-state index is -0.386. The van der Waals surface area contributed by atoms with Crippen molar-refractivity contribution in [2.75, 3.05) is 6.54 Å². The molecule has 1 heterocycles. The highest BCUT2D eigenvalue weighted by molar-refractivity contribution is 6.07. The predicted octanol–water partition coefficient (Wildman–Crippen LogP) is 4.90. The highest BCUT2D eigenvalue weighted by Crippen LogP contribution is 2.40. The Balaban J connectivity index is 2.15. The van der Waals surface area contributed by atoms with Gasteiger partial charge in [0.05, 0.1) is 0 Å². The lowest BCUT2D eigenvalue weighted by atomic mass is 9.82. The van der Waals surface area contributed by atoms with Crippen molar-refractivity contribution in [3.8, 4) is 0 Å².